The van der Waals surface area contributed by atoms with E-state index in [2.05, 4.69) is 20.3 Å². The number of rotatable bonds is 5. The monoisotopic (exact) mass is 373 g/mol. The number of anilines is 2. The minimum absolute atomic E-state index is 0.00193. The van der Waals surface area contributed by atoms with E-state index in [9.17, 15) is 13.2 Å². The zero-order valence-electron chi connectivity index (χ0n) is 13.6. The summed E-state index contributed by atoms with van der Waals surface area (Å²) in [5.41, 5.74) is 2.61. The zero-order chi connectivity index (χ0) is 18.9. The summed E-state index contributed by atoms with van der Waals surface area (Å²) in [5, 5.41) is 17.0. The van der Waals surface area contributed by atoms with E-state index >= 15 is 0 Å². The molecular formula is C16H15N5O4S. The highest BCUT2D eigenvalue weighted by atomic mass is 32.2. The normalized spacial score (nSPS) is 11.3. The lowest BCUT2D eigenvalue weighted by molar-refractivity contribution is 0.0691. The van der Waals surface area contributed by atoms with E-state index in [1.165, 1.54) is 18.2 Å². The first kappa shape index (κ1) is 17.6. The lowest BCUT2D eigenvalue weighted by atomic mass is 10.1. The van der Waals surface area contributed by atoms with Crippen LogP contribution in [0.4, 0.5) is 11.6 Å². The number of hydrogen-bond acceptors (Lipinski definition) is 6. The predicted octanol–water partition coefficient (Wildman–Crippen LogP) is 1.87. The number of carboxylic acid groups (broad SMARTS) is 1. The molecule has 2 aromatic heterocycles. The maximum Gasteiger partial charge on any atom is 0.352 e. The van der Waals surface area contributed by atoms with Crippen LogP contribution in [0, 0.1) is 6.92 Å². The van der Waals surface area contributed by atoms with Crippen molar-refractivity contribution in [1.29, 1.82) is 0 Å². The second kappa shape index (κ2) is 6.58. The Hall–Kier alpha value is -3.24. The molecule has 0 aliphatic rings. The average Bonchev–Trinajstić information content (AvgIpc) is 3.06. The van der Waals surface area contributed by atoms with Crippen LogP contribution in [0.2, 0.25) is 0 Å². The summed E-state index contributed by atoms with van der Waals surface area (Å²) in [6.07, 6.45) is 3.17. The van der Waals surface area contributed by atoms with Crippen LogP contribution in [0.25, 0.3) is 11.3 Å². The van der Waals surface area contributed by atoms with E-state index in [1.807, 2.05) is 6.92 Å². The molecule has 5 N–H and O–H groups in total. The molecule has 0 bridgehead atoms. The van der Waals surface area contributed by atoms with Gasteiger partial charge in [-0.3, -0.25) is 0 Å². The van der Waals surface area contributed by atoms with Crippen molar-refractivity contribution >= 4 is 27.6 Å². The SMILES string of the molecule is Cc1cnc(Nc2ccc(S(N)(=O)=O)cc2)nc1-c1c[nH]c(C(=O)O)c1. The largest absolute Gasteiger partial charge is 0.477 e. The van der Waals surface area contributed by atoms with Gasteiger partial charge in [-0.2, -0.15) is 0 Å². The number of nitrogens with zero attached hydrogens (tertiary/aromatic N) is 2. The summed E-state index contributed by atoms with van der Waals surface area (Å²) < 4.78 is 22.6. The van der Waals surface area contributed by atoms with Crippen LogP contribution >= 0.6 is 0 Å². The van der Waals surface area contributed by atoms with Gasteiger partial charge in [-0.25, -0.2) is 28.3 Å². The zero-order valence-corrected chi connectivity index (χ0v) is 14.4. The van der Waals surface area contributed by atoms with Gasteiger partial charge >= 0.3 is 5.97 Å². The number of aromatic carboxylic acids is 1. The molecule has 9 nitrogen and oxygen atoms in total. The van der Waals surface area contributed by atoms with Gasteiger partial charge in [0.25, 0.3) is 0 Å². The first-order valence-corrected chi connectivity index (χ1v) is 8.94. The molecule has 0 unspecified atom stereocenters. The molecule has 0 fully saturated rings. The molecular weight excluding hydrogens is 358 g/mol. The molecule has 3 aromatic rings. The van der Waals surface area contributed by atoms with Gasteiger partial charge in [0.2, 0.25) is 16.0 Å². The Morgan fingerprint density at radius 2 is 1.96 bits per heavy atom. The lowest BCUT2D eigenvalue weighted by Crippen LogP contribution is -2.11. The van der Waals surface area contributed by atoms with Crippen LogP contribution in [-0.4, -0.2) is 34.4 Å². The summed E-state index contributed by atoms with van der Waals surface area (Å²) in [5.74, 6) is -0.775. The molecule has 0 spiro atoms. The van der Waals surface area contributed by atoms with Crippen LogP contribution in [0.5, 0.6) is 0 Å². The molecule has 0 aliphatic heterocycles. The van der Waals surface area contributed by atoms with Gasteiger partial charge in [0.1, 0.15) is 5.69 Å². The summed E-state index contributed by atoms with van der Waals surface area (Å²) in [4.78, 5) is 22.3. The van der Waals surface area contributed by atoms with E-state index in [1.54, 1.807) is 24.5 Å². The smallest absolute Gasteiger partial charge is 0.352 e. The molecule has 3 rings (SSSR count). The van der Waals surface area contributed by atoms with Crippen LogP contribution in [0.1, 0.15) is 16.1 Å². The van der Waals surface area contributed by atoms with Gasteiger partial charge < -0.3 is 15.4 Å². The molecule has 1 aromatic carbocycles. The summed E-state index contributed by atoms with van der Waals surface area (Å²) in [7, 11) is -3.76. The Morgan fingerprint density at radius 3 is 2.54 bits per heavy atom. The minimum atomic E-state index is -3.76. The van der Waals surface area contributed by atoms with Crippen LogP contribution in [0.15, 0.2) is 47.6 Å². The molecule has 0 saturated carbocycles. The Kier molecular flexibility index (Phi) is 4.45. The van der Waals surface area contributed by atoms with Crippen molar-refractivity contribution in [2.75, 3.05) is 5.32 Å². The van der Waals surface area contributed by atoms with Crippen molar-refractivity contribution in [2.24, 2.45) is 5.14 Å². The maximum absolute atomic E-state index is 11.3. The number of aromatic nitrogens is 3. The van der Waals surface area contributed by atoms with Crippen molar-refractivity contribution in [3.8, 4) is 11.3 Å². The van der Waals surface area contributed by atoms with E-state index in [0.29, 0.717) is 16.9 Å². The summed E-state index contributed by atoms with van der Waals surface area (Å²) in [6, 6.07) is 7.32. The van der Waals surface area contributed by atoms with Crippen molar-refractivity contribution < 1.29 is 18.3 Å². The van der Waals surface area contributed by atoms with Gasteiger partial charge in [0.15, 0.2) is 0 Å². The first-order chi connectivity index (χ1) is 12.2. The van der Waals surface area contributed by atoms with Crippen molar-refractivity contribution in [3.05, 3.63) is 54.0 Å². The Morgan fingerprint density at radius 1 is 1.27 bits per heavy atom. The third-order valence-electron chi connectivity index (χ3n) is 3.60. The molecule has 0 saturated heterocycles. The highest BCUT2D eigenvalue weighted by molar-refractivity contribution is 7.89. The first-order valence-electron chi connectivity index (χ1n) is 7.39. The Labute approximate surface area is 149 Å². The number of primary sulfonamides is 1. The minimum Gasteiger partial charge on any atom is -0.477 e. The number of nitrogens with two attached hydrogens (primary N) is 1. The third kappa shape index (κ3) is 3.71. The third-order valence-corrected chi connectivity index (χ3v) is 4.53. The van der Waals surface area contributed by atoms with Gasteiger partial charge in [-0.15, -0.1) is 0 Å². The molecule has 0 amide bonds. The second-order valence-corrected chi connectivity index (χ2v) is 7.09. The van der Waals surface area contributed by atoms with Crippen LogP contribution < -0.4 is 10.5 Å². The molecule has 2 heterocycles. The lowest BCUT2D eigenvalue weighted by Gasteiger charge is -2.08. The fourth-order valence-electron chi connectivity index (χ4n) is 2.31. The number of aromatic amines is 1. The molecule has 134 valence electrons. The Balaban J connectivity index is 1.88. The highest BCUT2D eigenvalue weighted by Gasteiger charge is 2.12. The number of benzene rings is 1. The fourth-order valence-corrected chi connectivity index (χ4v) is 2.82. The predicted molar refractivity (Wildman–Crippen MR) is 94.6 cm³/mol. The number of carbonyl (C=O) groups is 1. The number of H-pyrrole nitrogens is 1. The Bertz CT molecular complexity index is 1070. The topological polar surface area (TPSA) is 151 Å². The van der Waals surface area contributed by atoms with Gasteiger partial charge in [-0.05, 0) is 42.8 Å². The van der Waals surface area contributed by atoms with Gasteiger partial charge in [-0.1, -0.05) is 0 Å². The van der Waals surface area contributed by atoms with Crippen molar-refractivity contribution in [2.45, 2.75) is 11.8 Å². The van der Waals surface area contributed by atoms with E-state index < -0.39 is 16.0 Å². The van der Waals surface area contributed by atoms with Crippen molar-refractivity contribution in [1.82, 2.24) is 15.0 Å². The highest BCUT2D eigenvalue weighted by Crippen LogP contribution is 2.24. The van der Waals surface area contributed by atoms with Gasteiger partial charge in [0, 0.05) is 23.6 Å². The second-order valence-electron chi connectivity index (χ2n) is 5.53. The number of nitrogens with one attached hydrogen (secondary N) is 2. The number of carboxylic acids is 1. The molecule has 10 heteroatoms. The molecule has 0 aliphatic carbocycles. The summed E-state index contributed by atoms with van der Waals surface area (Å²) >= 11 is 0. The standard InChI is InChI=1S/C16H15N5O4S/c1-9-7-19-16(20-11-2-4-12(5-3-11)26(17,24)25)21-14(9)10-6-13(15(22)23)18-8-10/h2-8,18H,1H3,(H,22,23)(H2,17,24,25)(H,19,20,21). The van der Waals surface area contributed by atoms with E-state index in [-0.39, 0.29) is 16.5 Å². The molecule has 0 radical (unpaired) electrons. The van der Waals surface area contributed by atoms with Crippen molar-refractivity contribution in [3.63, 3.8) is 0 Å². The number of aryl methyl sites for hydroxylation is 1. The quantitative estimate of drug-likeness (QED) is 0.533. The van der Waals surface area contributed by atoms with Crippen LogP contribution in [0.3, 0.4) is 0 Å². The van der Waals surface area contributed by atoms with Crippen LogP contribution in [-0.2, 0) is 10.0 Å². The number of sulfonamides is 1. The summed E-state index contributed by atoms with van der Waals surface area (Å²) in [6.45, 7) is 1.81. The number of hydrogen-bond donors (Lipinski definition) is 4. The maximum atomic E-state index is 11.3. The fraction of sp³-hybridized carbons (Fsp3) is 0.0625. The molecule has 0 atom stereocenters. The average molecular weight is 373 g/mol. The molecule has 26 heavy (non-hydrogen) atoms. The van der Waals surface area contributed by atoms with E-state index in [4.69, 9.17) is 10.2 Å². The van der Waals surface area contributed by atoms with E-state index in [0.717, 1.165) is 5.56 Å². The van der Waals surface area contributed by atoms with Gasteiger partial charge in [0.05, 0.1) is 10.6 Å².